The zero-order valence-corrected chi connectivity index (χ0v) is 15.2. The molecular formula is C18H15N4O6-. The Hall–Kier alpha value is -3.95. The van der Waals surface area contributed by atoms with Crippen LogP contribution >= 0.6 is 0 Å². The minimum absolute atomic E-state index is 0.0205. The highest BCUT2D eigenvalue weighted by molar-refractivity contribution is 5.85. The highest BCUT2D eigenvalue weighted by atomic mass is 16.6. The molecule has 0 aliphatic heterocycles. The molecule has 3 aromatic rings. The Kier molecular flexibility index (Phi) is 4.94. The smallest absolute Gasteiger partial charge is 0.282 e. The van der Waals surface area contributed by atoms with E-state index in [1.165, 1.54) is 20.3 Å². The van der Waals surface area contributed by atoms with Crippen LogP contribution in [0.4, 0.5) is 5.69 Å². The fourth-order valence-corrected chi connectivity index (χ4v) is 2.62. The first-order chi connectivity index (χ1) is 13.3. The van der Waals surface area contributed by atoms with Crippen molar-refractivity contribution in [1.29, 1.82) is 0 Å². The second kappa shape index (κ2) is 7.35. The summed E-state index contributed by atoms with van der Waals surface area (Å²) >= 11 is 0. The van der Waals surface area contributed by atoms with Crippen LogP contribution in [-0.4, -0.2) is 35.0 Å². The van der Waals surface area contributed by atoms with E-state index in [2.05, 4.69) is 10.1 Å². The molecule has 0 amide bonds. The van der Waals surface area contributed by atoms with E-state index in [4.69, 9.17) is 9.47 Å². The quantitative estimate of drug-likeness (QED) is 0.371. The third-order valence-electron chi connectivity index (χ3n) is 4.03. The van der Waals surface area contributed by atoms with Crippen molar-refractivity contribution in [3.05, 3.63) is 62.2 Å². The van der Waals surface area contributed by atoms with Crippen molar-refractivity contribution in [2.24, 2.45) is 5.10 Å². The van der Waals surface area contributed by atoms with Crippen LogP contribution < -0.4 is 20.1 Å². The molecule has 144 valence electrons. The van der Waals surface area contributed by atoms with Gasteiger partial charge in [-0.15, -0.1) is 0 Å². The van der Waals surface area contributed by atoms with Crippen molar-refractivity contribution < 1.29 is 19.5 Å². The summed E-state index contributed by atoms with van der Waals surface area (Å²) in [6, 6.07) is 6.34. The number of aromatic nitrogens is 2. The van der Waals surface area contributed by atoms with Crippen molar-refractivity contribution in [3.63, 3.8) is 0 Å². The van der Waals surface area contributed by atoms with Gasteiger partial charge >= 0.3 is 0 Å². The summed E-state index contributed by atoms with van der Waals surface area (Å²) in [6.07, 6.45) is 1.10. The average Bonchev–Trinajstić information content (AvgIpc) is 2.67. The zero-order chi connectivity index (χ0) is 20.4. The molecule has 1 aromatic heterocycles. The summed E-state index contributed by atoms with van der Waals surface area (Å²) in [5, 5.41) is 27.0. The van der Waals surface area contributed by atoms with Crippen LogP contribution in [0.2, 0.25) is 0 Å². The van der Waals surface area contributed by atoms with Crippen LogP contribution in [-0.2, 0) is 0 Å². The molecule has 0 bridgehead atoms. The second-order valence-electron chi connectivity index (χ2n) is 5.72. The molecule has 0 aliphatic carbocycles. The number of aryl methyl sites for hydroxylation is 1. The molecule has 0 atom stereocenters. The number of methoxy groups -OCH3 is 2. The number of hydrogen-bond acceptors (Lipinski definition) is 8. The van der Waals surface area contributed by atoms with E-state index < -0.39 is 16.2 Å². The molecule has 1 heterocycles. The Morgan fingerprint density at radius 1 is 1.18 bits per heavy atom. The highest BCUT2D eigenvalue weighted by Gasteiger charge is 2.13. The van der Waals surface area contributed by atoms with Gasteiger partial charge in [-0.25, -0.2) is 4.98 Å². The molecule has 0 saturated heterocycles. The maximum atomic E-state index is 12.8. The fraction of sp³-hybridized carbons (Fsp3) is 0.167. The van der Waals surface area contributed by atoms with E-state index >= 15 is 0 Å². The van der Waals surface area contributed by atoms with Gasteiger partial charge in [0.1, 0.15) is 5.82 Å². The molecule has 0 saturated carbocycles. The summed E-state index contributed by atoms with van der Waals surface area (Å²) in [5.41, 5.74) is -0.365. The summed E-state index contributed by atoms with van der Waals surface area (Å²) in [4.78, 5) is 27.4. The van der Waals surface area contributed by atoms with E-state index in [0.29, 0.717) is 17.0 Å². The third-order valence-corrected chi connectivity index (χ3v) is 4.03. The summed E-state index contributed by atoms with van der Waals surface area (Å²) in [5.74, 6) is 0.586. The Balaban J connectivity index is 2.14. The number of nitro benzene ring substituents is 1. The first kappa shape index (κ1) is 18.8. The summed E-state index contributed by atoms with van der Waals surface area (Å²) in [7, 11) is 2.92. The van der Waals surface area contributed by atoms with Crippen LogP contribution in [0.15, 0.2) is 40.2 Å². The maximum Gasteiger partial charge on any atom is 0.282 e. The Morgan fingerprint density at radius 3 is 2.50 bits per heavy atom. The van der Waals surface area contributed by atoms with Crippen LogP contribution in [0, 0.1) is 17.0 Å². The third kappa shape index (κ3) is 3.34. The molecule has 2 aromatic carbocycles. The number of non-ortho nitro benzene ring substituents is 1. The minimum atomic E-state index is -0.620. The molecule has 0 radical (unpaired) electrons. The molecule has 3 rings (SSSR count). The summed E-state index contributed by atoms with van der Waals surface area (Å²) in [6.45, 7) is 1.57. The van der Waals surface area contributed by atoms with Crippen molar-refractivity contribution in [2.45, 2.75) is 6.92 Å². The molecule has 10 heteroatoms. The standard InChI is InChI=1S/C18H16N4O6/c1-10-20-14-8-17(28-3)16(27-2)7-13(14)18(24)21(10)19-9-11-6-12(22(25)26)4-5-15(11)23/h4-9,23H,1-3H3/p-1. The number of nitrogens with zero attached hydrogens (tertiary/aromatic N) is 4. The van der Waals surface area contributed by atoms with Gasteiger partial charge in [0.15, 0.2) is 11.5 Å². The number of hydrogen-bond donors (Lipinski definition) is 0. The van der Waals surface area contributed by atoms with Gasteiger partial charge < -0.3 is 14.6 Å². The molecule has 0 fully saturated rings. The van der Waals surface area contributed by atoms with Gasteiger partial charge in [-0.1, -0.05) is 11.8 Å². The minimum Gasteiger partial charge on any atom is -0.872 e. The van der Waals surface area contributed by atoms with Crippen molar-refractivity contribution >= 4 is 22.8 Å². The lowest BCUT2D eigenvalue weighted by atomic mass is 10.2. The molecule has 0 spiro atoms. The normalized spacial score (nSPS) is 11.1. The molecule has 28 heavy (non-hydrogen) atoms. The van der Waals surface area contributed by atoms with E-state index in [-0.39, 0.29) is 22.5 Å². The lowest BCUT2D eigenvalue weighted by molar-refractivity contribution is -0.385. The maximum absolute atomic E-state index is 12.8. The van der Waals surface area contributed by atoms with Crippen molar-refractivity contribution in [3.8, 4) is 17.2 Å². The predicted octanol–water partition coefficient (Wildman–Crippen LogP) is 1.59. The van der Waals surface area contributed by atoms with Crippen LogP contribution in [0.1, 0.15) is 11.4 Å². The van der Waals surface area contributed by atoms with E-state index in [1.54, 1.807) is 13.0 Å². The molecule has 10 nitrogen and oxygen atoms in total. The van der Waals surface area contributed by atoms with Gasteiger partial charge in [-0.05, 0) is 18.6 Å². The van der Waals surface area contributed by atoms with E-state index in [1.807, 2.05) is 0 Å². The summed E-state index contributed by atoms with van der Waals surface area (Å²) < 4.78 is 11.4. The van der Waals surface area contributed by atoms with Crippen LogP contribution in [0.25, 0.3) is 10.9 Å². The SMILES string of the molecule is COc1cc2nc(C)n(N=Cc3cc([N+](=O)[O-])ccc3[O-])c(=O)c2cc1OC. The largest absolute Gasteiger partial charge is 0.872 e. The zero-order valence-electron chi connectivity index (χ0n) is 15.2. The number of benzene rings is 2. The van der Waals surface area contributed by atoms with Gasteiger partial charge in [0.2, 0.25) is 0 Å². The topological polar surface area (TPSA) is 132 Å². The van der Waals surface area contributed by atoms with Crippen molar-refractivity contribution in [2.75, 3.05) is 14.2 Å². The van der Waals surface area contributed by atoms with Gasteiger partial charge in [0, 0.05) is 18.2 Å². The lowest BCUT2D eigenvalue weighted by Gasteiger charge is -2.11. The van der Waals surface area contributed by atoms with Crippen LogP contribution in [0.5, 0.6) is 17.2 Å². The van der Waals surface area contributed by atoms with Gasteiger partial charge in [0.05, 0.1) is 36.3 Å². The number of rotatable bonds is 5. The predicted molar refractivity (Wildman–Crippen MR) is 99.4 cm³/mol. The Bertz CT molecular complexity index is 1170. The van der Waals surface area contributed by atoms with Crippen LogP contribution in [0.3, 0.4) is 0 Å². The first-order valence-electron chi connectivity index (χ1n) is 8.01. The molecule has 0 unspecified atom stereocenters. The monoisotopic (exact) mass is 383 g/mol. The number of nitro groups is 1. The first-order valence-corrected chi connectivity index (χ1v) is 8.01. The number of fused-ring (bicyclic) bond motifs is 1. The molecule has 0 aliphatic rings. The fourth-order valence-electron chi connectivity index (χ4n) is 2.62. The lowest BCUT2D eigenvalue weighted by Crippen LogP contribution is -2.21. The van der Waals surface area contributed by atoms with Gasteiger partial charge in [0.25, 0.3) is 11.2 Å². The highest BCUT2D eigenvalue weighted by Crippen LogP contribution is 2.30. The number of ether oxygens (including phenoxy) is 2. The second-order valence-corrected chi connectivity index (χ2v) is 5.72. The Morgan fingerprint density at radius 2 is 1.86 bits per heavy atom. The van der Waals surface area contributed by atoms with E-state index in [0.717, 1.165) is 29.1 Å². The average molecular weight is 383 g/mol. The Labute approximate surface area is 158 Å². The van der Waals surface area contributed by atoms with E-state index in [9.17, 15) is 20.0 Å². The molecule has 0 N–H and O–H groups in total. The van der Waals surface area contributed by atoms with Gasteiger partial charge in [-0.2, -0.15) is 9.78 Å². The molecular weight excluding hydrogens is 368 g/mol. The van der Waals surface area contributed by atoms with Gasteiger partial charge in [-0.3, -0.25) is 14.9 Å². The van der Waals surface area contributed by atoms with Crippen molar-refractivity contribution in [1.82, 2.24) is 9.66 Å².